The molecule has 25 heavy (non-hydrogen) atoms. The first-order valence-corrected chi connectivity index (χ1v) is 10.1. The van der Waals surface area contributed by atoms with Crippen molar-refractivity contribution in [3.05, 3.63) is 71.0 Å². The van der Waals surface area contributed by atoms with Gasteiger partial charge in [-0.1, -0.05) is 62.6 Å². The lowest BCUT2D eigenvalue weighted by molar-refractivity contribution is 0.304. The molecular formula is C24H31F. The summed E-state index contributed by atoms with van der Waals surface area (Å²) in [6.45, 7) is 2.29. The molecule has 1 saturated carbocycles. The molecule has 3 rings (SSSR count). The van der Waals surface area contributed by atoms with E-state index >= 15 is 0 Å². The van der Waals surface area contributed by atoms with Crippen molar-refractivity contribution in [2.24, 2.45) is 5.92 Å². The molecule has 0 heterocycles. The highest BCUT2D eigenvalue weighted by atomic mass is 19.1. The smallest absolute Gasteiger partial charge is 0.123 e. The monoisotopic (exact) mass is 338 g/mol. The zero-order valence-electron chi connectivity index (χ0n) is 15.5. The van der Waals surface area contributed by atoms with Gasteiger partial charge in [-0.25, -0.2) is 4.39 Å². The quantitative estimate of drug-likeness (QED) is 0.506. The molecule has 134 valence electrons. The maximum absolute atomic E-state index is 13.0. The van der Waals surface area contributed by atoms with Crippen LogP contribution in [-0.2, 0) is 12.8 Å². The Hall–Kier alpha value is -1.63. The maximum atomic E-state index is 13.0. The zero-order chi connectivity index (χ0) is 17.5. The van der Waals surface area contributed by atoms with Crippen molar-refractivity contribution in [3.63, 3.8) is 0 Å². The summed E-state index contributed by atoms with van der Waals surface area (Å²) in [5, 5.41) is 0. The summed E-state index contributed by atoms with van der Waals surface area (Å²) in [6.07, 6.45) is 11.7. The summed E-state index contributed by atoms with van der Waals surface area (Å²) in [4.78, 5) is 0. The maximum Gasteiger partial charge on any atom is 0.123 e. The molecule has 1 aliphatic rings. The van der Waals surface area contributed by atoms with Crippen LogP contribution in [-0.4, -0.2) is 0 Å². The molecule has 0 atom stereocenters. The van der Waals surface area contributed by atoms with Crippen LogP contribution < -0.4 is 0 Å². The Morgan fingerprint density at radius 3 is 1.92 bits per heavy atom. The molecule has 0 spiro atoms. The van der Waals surface area contributed by atoms with Gasteiger partial charge >= 0.3 is 0 Å². The van der Waals surface area contributed by atoms with Crippen LogP contribution in [0, 0.1) is 11.7 Å². The van der Waals surface area contributed by atoms with Gasteiger partial charge < -0.3 is 0 Å². The van der Waals surface area contributed by atoms with E-state index in [1.54, 1.807) is 12.1 Å². The minimum Gasteiger partial charge on any atom is -0.207 e. The predicted octanol–water partition coefficient (Wildman–Crippen LogP) is 7.07. The van der Waals surface area contributed by atoms with Crippen molar-refractivity contribution in [2.75, 3.05) is 0 Å². The van der Waals surface area contributed by atoms with E-state index in [4.69, 9.17) is 0 Å². The number of halogens is 1. The Labute approximate surface area is 152 Å². The number of rotatable bonds is 7. The van der Waals surface area contributed by atoms with Crippen LogP contribution in [0.1, 0.15) is 74.5 Å². The zero-order valence-corrected chi connectivity index (χ0v) is 15.5. The van der Waals surface area contributed by atoms with Gasteiger partial charge in [0, 0.05) is 0 Å². The van der Waals surface area contributed by atoms with Gasteiger partial charge in [0.05, 0.1) is 0 Å². The van der Waals surface area contributed by atoms with Gasteiger partial charge in [-0.3, -0.25) is 0 Å². The van der Waals surface area contributed by atoms with Gasteiger partial charge in [0.25, 0.3) is 0 Å². The van der Waals surface area contributed by atoms with E-state index in [1.165, 1.54) is 61.6 Å². The third-order valence-corrected chi connectivity index (χ3v) is 5.88. The molecule has 1 fully saturated rings. The lowest BCUT2D eigenvalue weighted by atomic mass is 9.77. The summed E-state index contributed by atoms with van der Waals surface area (Å²) in [7, 11) is 0. The first-order chi connectivity index (χ1) is 12.2. The number of hydrogen-bond donors (Lipinski definition) is 0. The van der Waals surface area contributed by atoms with E-state index in [1.807, 2.05) is 12.1 Å². The van der Waals surface area contributed by atoms with Crippen molar-refractivity contribution in [1.29, 1.82) is 0 Å². The SMILES string of the molecule is CCCCC1CCC(c2ccc(CCc3ccc(F)cc3)cc2)CC1. The second-order valence-corrected chi connectivity index (χ2v) is 7.73. The molecular weight excluding hydrogens is 307 g/mol. The van der Waals surface area contributed by atoms with E-state index < -0.39 is 0 Å². The highest BCUT2D eigenvalue weighted by molar-refractivity contribution is 5.27. The van der Waals surface area contributed by atoms with E-state index in [2.05, 4.69) is 31.2 Å². The average Bonchev–Trinajstić information content (AvgIpc) is 2.67. The molecule has 0 aromatic heterocycles. The molecule has 1 aliphatic carbocycles. The van der Waals surface area contributed by atoms with E-state index in [0.717, 1.165) is 24.7 Å². The standard InChI is InChI=1S/C24H31F/c1-2-3-4-19-7-13-22(14-8-19)23-15-9-20(10-16-23)5-6-21-11-17-24(25)18-12-21/h9-12,15-19,22H,2-8,13-14H2,1H3. The van der Waals surface area contributed by atoms with Crippen LogP contribution in [0.4, 0.5) is 4.39 Å². The molecule has 0 amide bonds. The normalized spacial score (nSPS) is 20.6. The first kappa shape index (κ1) is 18.2. The minimum atomic E-state index is -0.155. The molecule has 0 saturated heterocycles. The van der Waals surface area contributed by atoms with Crippen molar-refractivity contribution in [2.45, 2.75) is 70.6 Å². The fraction of sp³-hybridized carbons (Fsp3) is 0.500. The lowest BCUT2D eigenvalue weighted by Crippen LogP contribution is -2.13. The number of aryl methyl sites for hydroxylation is 2. The molecule has 0 N–H and O–H groups in total. The minimum absolute atomic E-state index is 0.155. The second kappa shape index (κ2) is 9.17. The van der Waals surface area contributed by atoms with Gasteiger partial charge in [-0.2, -0.15) is 0 Å². The summed E-state index contributed by atoms with van der Waals surface area (Å²) in [5.74, 6) is 1.59. The molecule has 0 bridgehead atoms. The number of hydrogen-bond acceptors (Lipinski definition) is 0. The van der Waals surface area contributed by atoms with Crippen LogP contribution in [0.5, 0.6) is 0 Å². The molecule has 2 aromatic rings. The fourth-order valence-electron chi connectivity index (χ4n) is 4.17. The molecule has 0 radical (unpaired) electrons. The Morgan fingerprint density at radius 1 is 0.800 bits per heavy atom. The highest BCUT2D eigenvalue weighted by Gasteiger charge is 2.21. The molecule has 1 heteroatoms. The van der Waals surface area contributed by atoms with Crippen molar-refractivity contribution < 1.29 is 4.39 Å². The molecule has 0 nitrogen and oxygen atoms in total. The van der Waals surface area contributed by atoms with Crippen molar-refractivity contribution >= 4 is 0 Å². The highest BCUT2D eigenvalue weighted by Crippen LogP contribution is 2.37. The van der Waals surface area contributed by atoms with Gasteiger partial charge in [0.1, 0.15) is 5.82 Å². The third-order valence-electron chi connectivity index (χ3n) is 5.88. The van der Waals surface area contributed by atoms with Gasteiger partial charge in [-0.15, -0.1) is 0 Å². The van der Waals surface area contributed by atoms with E-state index in [0.29, 0.717) is 0 Å². The number of unbranched alkanes of at least 4 members (excludes halogenated alkanes) is 1. The molecule has 0 aliphatic heterocycles. The fourth-order valence-corrected chi connectivity index (χ4v) is 4.17. The Morgan fingerprint density at radius 2 is 1.36 bits per heavy atom. The number of benzene rings is 2. The van der Waals surface area contributed by atoms with E-state index in [9.17, 15) is 4.39 Å². The largest absolute Gasteiger partial charge is 0.207 e. The summed E-state index contributed by atoms with van der Waals surface area (Å²) in [5.41, 5.74) is 4.11. The summed E-state index contributed by atoms with van der Waals surface area (Å²) >= 11 is 0. The van der Waals surface area contributed by atoms with Gasteiger partial charge in [0.15, 0.2) is 0 Å². The Kier molecular flexibility index (Phi) is 6.67. The van der Waals surface area contributed by atoms with Crippen LogP contribution in [0.25, 0.3) is 0 Å². The van der Waals surface area contributed by atoms with Crippen molar-refractivity contribution in [1.82, 2.24) is 0 Å². The average molecular weight is 339 g/mol. The predicted molar refractivity (Wildman–Crippen MR) is 104 cm³/mol. The molecule has 2 aromatic carbocycles. The Bertz CT molecular complexity index is 618. The first-order valence-electron chi connectivity index (χ1n) is 10.1. The van der Waals surface area contributed by atoms with Gasteiger partial charge in [-0.05, 0) is 79.2 Å². The molecule has 0 unspecified atom stereocenters. The van der Waals surface area contributed by atoms with E-state index in [-0.39, 0.29) is 5.82 Å². The van der Waals surface area contributed by atoms with Crippen molar-refractivity contribution in [3.8, 4) is 0 Å². The van der Waals surface area contributed by atoms with Crippen LogP contribution >= 0.6 is 0 Å². The lowest BCUT2D eigenvalue weighted by Gasteiger charge is -2.29. The Balaban J connectivity index is 1.48. The second-order valence-electron chi connectivity index (χ2n) is 7.73. The van der Waals surface area contributed by atoms with Gasteiger partial charge in [0.2, 0.25) is 0 Å². The summed E-state index contributed by atoms with van der Waals surface area (Å²) in [6, 6.07) is 16.2. The third kappa shape index (κ3) is 5.42. The topological polar surface area (TPSA) is 0 Å². The summed E-state index contributed by atoms with van der Waals surface area (Å²) < 4.78 is 13.0. The van der Waals surface area contributed by atoms with Crippen LogP contribution in [0.3, 0.4) is 0 Å². The van der Waals surface area contributed by atoms with Crippen LogP contribution in [0.15, 0.2) is 48.5 Å². The van der Waals surface area contributed by atoms with Crippen LogP contribution in [0.2, 0.25) is 0 Å².